The molecule has 1 amide bonds. The molecule has 8 heteroatoms. The minimum atomic E-state index is -0.534. The molecule has 0 bridgehead atoms. The van der Waals surface area contributed by atoms with E-state index in [1.54, 1.807) is 12.3 Å². The van der Waals surface area contributed by atoms with Crippen molar-refractivity contribution in [3.63, 3.8) is 0 Å². The second-order valence-corrected chi connectivity index (χ2v) is 6.41. The van der Waals surface area contributed by atoms with Gasteiger partial charge in [-0.3, -0.25) is 14.9 Å². The summed E-state index contributed by atoms with van der Waals surface area (Å²) >= 11 is 0. The third-order valence-corrected chi connectivity index (χ3v) is 3.73. The normalized spacial score (nSPS) is 15.1. The first-order chi connectivity index (χ1) is 11.8. The van der Waals surface area contributed by atoms with Gasteiger partial charge in [0.25, 0.3) is 5.69 Å². The molecule has 0 saturated heterocycles. The Kier molecular flexibility index (Phi) is 4.03. The highest BCUT2D eigenvalue weighted by Gasteiger charge is 2.35. The third-order valence-electron chi connectivity index (χ3n) is 3.73. The number of hydrogen-bond acceptors (Lipinski definition) is 6. The van der Waals surface area contributed by atoms with Crippen LogP contribution in [0.15, 0.2) is 36.5 Å². The highest BCUT2D eigenvalue weighted by atomic mass is 16.6. The van der Waals surface area contributed by atoms with Crippen molar-refractivity contribution < 1.29 is 14.5 Å². The lowest BCUT2D eigenvalue weighted by molar-refractivity contribution is -0.383. The number of nitrogens with one attached hydrogen (secondary N) is 1. The number of nitro groups is 1. The van der Waals surface area contributed by atoms with Gasteiger partial charge in [0.05, 0.1) is 17.2 Å². The summed E-state index contributed by atoms with van der Waals surface area (Å²) in [5.41, 5.74) is -0.0827. The minimum Gasteiger partial charge on any atom is -0.484 e. The van der Waals surface area contributed by atoms with E-state index in [0.717, 1.165) is 0 Å². The molecule has 3 rings (SSSR count). The maximum Gasteiger partial charge on any atom is 0.295 e. The van der Waals surface area contributed by atoms with Crippen LogP contribution in [0.1, 0.15) is 20.8 Å². The van der Waals surface area contributed by atoms with Crippen LogP contribution in [0.25, 0.3) is 0 Å². The van der Waals surface area contributed by atoms with Gasteiger partial charge in [0.2, 0.25) is 5.91 Å². The topological polar surface area (TPSA) is 97.6 Å². The SMILES string of the molecule is CC(=O)Nc1cc2c(cc1[N+](=O)[O-])N(c1ccccn1)CC(C)(C)O2. The van der Waals surface area contributed by atoms with E-state index in [1.165, 1.54) is 19.1 Å². The van der Waals surface area contributed by atoms with Crippen LogP contribution in [0.4, 0.5) is 22.9 Å². The number of anilines is 3. The first-order valence-corrected chi connectivity index (χ1v) is 7.74. The molecule has 8 nitrogen and oxygen atoms in total. The van der Waals surface area contributed by atoms with Gasteiger partial charge < -0.3 is 15.0 Å². The summed E-state index contributed by atoms with van der Waals surface area (Å²) in [6.07, 6.45) is 1.66. The van der Waals surface area contributed by atoms with Crippen molar-refractivity contribution in [1.29, 1.82) is 0 Å². The summed E-state index contributed by atoms with van der Waals surface area (Å²) in [5, 5.41) is 13.9. The monoisotopic (exact) mass is 342 g/mol. The molecule has 1 aliphatic heterocycles. The molecule has 0 aliphatic carbocycles. The fraction of sp³-hybridized carbons (Fsp3) is 0.294. The van der Waals surface area contributed by atoms with Crippen LogP contribution in [0.2, 0.25) is 0 Å². The number of pyridine rings is 1. The van der Waals surface area contributed by atoms with Crippen molar-refractivity contribution >= 4 is 28.8 Å². The van der Waals surface area contributed by atoms with Gasteiger partial charge in [-0.25, -0.2) is 4.98 Å². The first kappa shape index (κ1) is 16.7. The third kappa shape index (κ3) is 3.37. The van der Waals surface area contributed by atoms with Gasteiger partial charge in [-0.05, 0) is 26.0 Å². The Morgan fingerprint density at radius 2 is 2.16 bits per heavy atom. The van der Waals surface area contributed by atoms with Gasteiger partial charge in [0.1, 0.15) is 22.9 Å². The molecule has 2 heterocycles. The molecule has 1 aromatic heterocycles. The number of amides is 1. The van der Waals surface area contributed by atoms with Crippen LogP contribution in [0, 0.1) is 10.1 Å². The average Bonchev–Trinajstić information content (AvgIpc) is 2.52. The summed E-state index contributed by atoms with van der Waals surface area (Å²) in [6.45, 7) is 5.62. The second-order valence-electron chi connectivity index (χ2n) is 6.41. The summed E-state index contributed by atoms with van der Waals surface area (Å²) in [5.74, 6) is 0.734. The van der Waals surface area contributed by atoms with Crippen molar-refractivity contribution in [2.45, 2.75) is 26.4 Å². The van der Waals surface area contributed by atoms with Crippen molar-refractivity contribution in [3.8, 4) is 5.75 Å². The fourth-order valence-electron chi connectivity index (χ4n) is 2.80. The number of fused-ring (bicyclic) bond motifs is 1. The zero-order valence-electron chi connectivity index (χ0n) is 14.1. The van der Waals surface area contributed by atoms with Gasteiger partial charge in [-0.15, -0.1) is 0 Å². The summed E-state index contributed by atoms with van der Waals surface area (Å²) in [4.78, 5) is 28.5. The van der Waals surface area contributed by atoms with Crippen LogP contribution < -0.4 is 15.0 Å². The standard InChI is InChI=1S/C17H18N4O4/c1-11(22)19-12-8-15-14(9-13(12)21(23)24)20(10-17(2,3)25-15)16-6-4-5-7-18-16/h4-9H,10H2,1-3H3,(H,19,22). The van der Waals surface area contributed by atoms with Gasteiger partial charge in [-0.1, -0.05) is 6.07 Å². The number of carbonyl (C=O) groups is 1. The molecule has 130 valence electrons. The van der Waals surface area contributed by atoms with Crippen molar-refractivity contribution in [2.75, 3.05) is 16.8 Å². The predicted molar refractivity (Wildman–Crippen MR) is 93.4 cm³/mol. The number of nitrogens with zero attached hydrogens (tertiary/aromatic N) is 3. The zero-order chi connectivity index (χ0) is 18.2. The van der Waals surface area contributed by atoms with Crippen LogP contribution in [0.3, 0.4) is 0 Å². The Morgan fingerprint density at radius 3 is 2.76 bits per heavy atom. The van der Waals surface area contributed by atoms with Gasteiger partial charge in [-0.2, -0.15) is 0 Å². The smallest absolute Gasteiger partial charge is 0.295 e. The molecule has 0 radical (unpaired) electrons. The maximum absolute atomic E-state index is 11.4. The Balaban J connectivity index is 2.18. The Hall–Kier alpha value is -3.16. The summed E-state index contributed by atoms with van der Waals surface area (Å²) in [6, 6.07) is 8.39. The lowest BCUT2D eigenvalue weighted by atomic mass is 10.0. The molecule has 0 atom stereocenters. The lowest BCUT2D eigenvalue weighted by Crippen LogP contribution is -2.45. The molecule has 0 saturated carbocycles. The number of ether oxygens (including phenoxy) is 1. The van der Waals surface area contributed by atoms with Gasteiger partial charge >= 0.3 is 0 Å². The molecule has 1 N–H and O–H groups in total. The van der Waals surface area contributed by atoms with Crippen molar-refractivity contribution in [1.82, 2.24) is 4.98 Å². The molecule has 0 fully saturated rings. The summed E-state index contributed by atoms with van der Waals surface area (Å²) < 4.78 is 5.98. The number of carbonyl (C=O) groups excluding carboxylic acids is 1. The average molecular weight is 342 g/mol. The number of hydrogen-bond donors (Lipinski definition) is 1. The van der Waals surface area contributed by atoms with Crippen LogP contribution in [0.5, 0.6) is 5.75 Å². The molecule has 0 unspecified atom stereocenters. The minimum absolute atomic E-state index is 0.106. The molecule has 25 heavy (non-hydrogen) atoms. The first-order valence-electron chi connectivity index (χ1n) is 7.74. The van der Waals surface area contributed by atoms with E-state index >= 15 is 0 Å². The predicted octanol–water partition coefficient (Wildman–Crippen LogP) is 3.26. The zero-order valence-corrected chi connectivity index (χ0v) is 14.1. The van der Waals surface area contributed by atoms with E-state index in [-0.39, 0.29) is 17.3 Å². The Bertz CT molecular complexity index is 836. The molecule has 2 aromatic rings. The lowest BCUT2D eigenvalue weighted by Gasteiger charge is -2.40. The summed E-state index contributed by atoms with van der Waals surface area (Å²) in [7, 11) is 0. The van der Waals surface area contributed by atoms with E-state index in [0.29, 0.717) is 23.8 Å². The van der Waals surface area contributed by atoms with Gasteiger partial charge in [0, 0.05) is 25.3 Å². The van der Waals surface area contributed by atoms with Crippen LogP contribution >= 0.6 is 0 Å². The van der Waals surface area contributed by atoms with E-state index in [4.69, 9.17) is 4.74 Å². The Labute approximate surface area is 144 Å². The molecular weight excluding hydrogens is 324 g/mol. The fourth-order valence-corrected chi connectivity index (χ4v) is 2.80. The molecular formula is C17H18N4O4. The van der Waals surface area contributed by atoms with E-state index in [9.17, 15) is 14.9 Å². The molecule has 0 spiro atoms. The van der Waals surface area contributed by atoms with Crippen molar-refractivity contribution in [2.24, 2.45) is 0 Å². The number of rotatable bonds is 3. The van der Waals surface area contributed by atoms with Crippen LogP contribution in [-0.4, -0.2) is 28.0 Å². The molecule has 1 aliphatic rings. The van der Waals surface area contributed by atoms with E-state index in [1.807, 2.05) is 30.9 Å². The highest BCUT2D eigenvalue weighted by molar-refractivity contribution is 5.93. The van der Waals surface area contributed by atoms with E-state index < -0.39 is 10.5 Å². The Morgan fingerprint density at radius 1 is 1.40 bits per heavy atom. The van der Waals surface area contributed by atoms with Crippen LogP contribution in [-0.2, 0) is 4.79 Å². The largest absolute Gasteiger partial charge is 0.484 e. The second kappa shape index (κ2) is 6.04. The van der Waals surface area contributed by atoms with Gasteiger partial charge in [0.15, 0.2) is 0 Å². The maximum atomic E-state index is 11.4. The van der Waals surface area contributed by atoms with E-state index in [2.05, 4.69) is 10.3 Å². The number of benzene rings is 1. The number of aromatic nitrogens is 1. The van der Waals surface area contributed by atoms with Crippen molar-refractivity contribution in [3.05, 3.63) is 46.6 Å². The number of nitro benzene ring substituents is 1. The molecule has 1 aromatic carbocycles. The highest BCUT2D eigenvalue weighted by Crippen LogP contribution is 2.45. The quantitative estimate of drug-likeness (QED) is 0.679.